The molecule has 0 bridgehead atoms. The minimum atomic E-state index is 0. The van der Waals surface area contributed by atoms with Gasteiger partial charge in [0.15, 0.2) is 0 Å². The van der Waals surface area contributed by atoms with E-state index in [0.29, 0.717) is 5.92 Å². The maximum atomic E-state index is 11.1. The Morgan fingerprint density at radius 2 is 2.08 bits per heavy atom. The molecule has 1 N–H and O–H groups in total. The number of nitrogens with zero attached hydrogens (tertiary/aromatic N) is 1. The van der Waals surface area contributed by atoms with E-state index in [1.165, 1.54) is 6.42 Å². The molecule has 80 valence electrons. The normalized spacial score (nSPS) is 21.1. The highest BCUT2D eigenvalue weighted by Gasteiger charge is 2.19. The summed E-state index contributed by atoms with van der Waals surface area (Å²) in [7, 11) is 1.68. The summed E-state index contributed by atoms with van der Waals surface area (Å²) >= 11 is 0. The predicted octanol–water partition coefficient (Wildman–Crippen LogP) is 2.33. The fraction of sp³-hybridized carbons (Fsp3) is 0.900. The molecule has 1 fully saturated rings. The number of carbonyl (C=O) groups is 1. The quantitative estimate of drug-likeness (QED) is 0.621. The number of urea groups is 1. The molecule has 13 heavy (non-hydrogen) atoms. The molecule has 3 nitrogen and oxygen atoms in total. The van der Waals surface area contributed by atoms with Crippen LogP contribution in [0.3, 0.4) is 0 Å². The van der Waals surface area contributed by atoms with E-state index in [0.717, 1.165) is 19.5 Å². The highest BCUT2D eigenvalue weighted by molar-refractivity contribution is 5.73. The van der Waals surface area contributed by atoms with Crippen molar-refractivity contribution in [2.75, 3.05) is 20.1 Å². The summed E-state index contributed by atoms with van der Waals surface area (Å²) in [5, 5.41) is 2.64. The summed E-state index contributed by atoms with van der Waals surface area (Å²) in [5.41, 5.74) is 0. The summed E-state index contributed by atoms with van der Waals surface area (Å²) in [6.07, 6.45) is 2.40. The summed E-state index contributed by atoms with van der Waals surface area (Å²) in [6.45, 7) is 4.03. The lowest BCUT2D eigenvalue weighted by molar-refractivity contribution is 0.172. The van der Waals surface area contributed by atoms with E-state index in [1.54, 1.807) is 7.05 Å². The van der Waals surface area contributed by atoms with Crippen LogP contribution in [0.1, 0.15) is 34.6 Å². The summed E-state index contributed by atoms with van der Waals surface area (Å²) in [4.78, 5) is 13.0. The molecule has 0 aromatic heterocycles. The maximum absolute atomic E-state index is 11.1. The first-order valence-electron chi connectivity index (χ1n) is 4.20. The first kappa shape index (κ1) is 14.8. The van der Waals surface area contributed by atoms with Crippen LogP contribution in [0.2, 0.25) is 0 Å². The van der Waals surface area contributed by atoms with Gasteiger partial charge in [0.1, 0.15) is 0 Å². The van der Waals surface area contributed by atoms with Crippen LogP contribution in [0, 0.1) is 5.92 Å². The van der Waals surface area contributed by atoms with Gasteiger partial charge >= 0.3 is 6.03 Å². The first-order valence-corrected chi connectivity index (χ1v) is 4.20. The molecular formula is C10H24N2O. The zero-order valence-corrected chi connectivity index (χ0v) is 7.26. The highest BCUT2D eigenvalue weighted by atomic mass is 16.2. The van der Waals surface area contributed by atoms with Crippen molar-refractivity contribution in [2.45, 2.75) is 34.6 Å². The van der Waals surface area contributed by atoms with Crippen molar-refractivity contribution in [3.05, 3.63) is 0 Å². The number of nitrogens with one attached hydrogen (secondary N) is 1. The van der Waals surface area contributed by atoms with Crippen molar-refractivity contribution in [3.8, 4) is 0 Å². The largest absolute Gasteiger partial charge is 0.341 e. The lowest BCUT2D eigenvalue weighted by Gasteiger charge is -2.30. The summed E-state index contributed by atoms with van der Waals surface area (Å²) in [6, 6.07) is 0.0663. The van der Waals surface area contributed by atoms with Crippen LogP contribution in [0.4, 0.5) is 4.79 Å². The van der Waals surface area contributed by atoms with Crippen molar-refractivity contribution in [1.82, 2.24) is 10.2 Å². The van der Waals surface area contributed by atoms with Gasteiger partial charge in [-0.3, -0.25) is 0 Å². The number of hydrogen-bond donors (Lipinski definition) is 1. The Kier molecular flexibility index (Phi) is 7.67. The van der Waals surface area contributed by atoms with Gasteiger partial charge in [-0.25, -0.2) is 4.79 Å². The molecule has 1 aliphatic heterocycles. The predicted molar refractivity (Wildman–Crippen MR) is 57.9 cm³/mol. The lowest BCUT2D eigenvalue weighted by atomic mass is 10.0. The van der Waals surface area contributed by atoms with E-state index in [1.807, 2.05) is 4.90 Å². The molecule has 0 saturated carbocycles. The topological polar surface area (TPSA) is 32.3 Å². The first-order chi connectivity index (χ1) is 5.24. The fourth-order valence-corrected chi connectivity index (χ4v) is 1.53. The molecule has 2 amide bonds. The molecule has 1 unspecified atom stereocenters. The zero-order chi connectivity index (χ0) is 8.27. The van der Waals surface area contributed by atoms with Crippen molar-refractivity contribution in [2.24, 2.45) is 5.92 Å². The van der Waals surface area contributed by atoms with E-state index in [9.17, 15) is 4.79 Å². The summed E-state index contributed by atoms with van der Waals surface area (Å²) < 4.78 is 0. The van der Waals surface area contributed by atoms with Crippen LogP contribution in [-0.2, 0) is 0 Å². The molecular weight excluding hydrogens is 164 g/mol. The van der Waals surface area contributed by atoms with Crippen LogP contribution in [-0.4, -0.2) is 31.1 Å². The minimum absolute atomic E-state index is 0. The molecule has 1 saturated heterocycles. The number of piperidine rings is 1. The SMILES string of the molecule is C.C.CNC(=O)N1CCCC(C)C1. The molecule has 0 radical (unpaired) electrons. The monoisotopic (exact) mass is 188 g/mol. The maximum Gasteiger partial charge on any atom is 0.317 e. The zero-order valence-electron chi connectivity index (χ0n) is 7.26. The second-order valence-electron chi connectivity index (χ2n) is 3.25. The van der Waals surface area contributed by atoms with Gasteiger partial charge in [0, 0.05) is 20.1 Å². The van der Waals surface area contributed by atoms with Gasteiger partial charge < -0.3 is 10.2 Å². The van der Waals surface area contributed by atoms with Gasteiger partial charge in [0.25, 0.3) is 0 Å². The van der Waals surface area contributed by atoms with E-state index < -0.39 is 0 Å². The third-order valence-electron chi connectivity index (χ3n) is 2.16. The van der Waals surface area contributed by atoms with Crippen LogP contribution in [0.25, 0.3) is 0 Å². The molecule has 0 aromatic carbocycles. The minimum Gasteiger partial charge on any atom is -0.341 e. The number of rotatable bonds is 0. The molecule has 1 rings (SSSR count). The molecule has 1 atom stereocenters. The third-order valence-corrected chi connectivity index (χ3v) is 2.16. The van der Waals surface area contributed by atoms with Gasteiger partial charge in [-0.2, -0.15) is 0 Å². The van der Waals surface area contributed by atoms with Crippen LogP contribution >= 0.6 is 0 Å². The van der Waals surface area contributed by atoms with Gasteiger partial charge in [-0.15, -0.1) is 0 Å². The van der Waals surface area contributed by atoms with Crippen molar-refractivity contribution >= 4 is 6.03 Å². The van der Waals surface area contributed by atoms with Gasteiger partial charge in [-0.1, -0.05) is 21.8 Å². The Bertz CT molecular complexity index is 148. The van der Waals surface area contributed by atoms with Crippen molar-refractivity contribution < 1.29 is 4.79 Å². The fourth-order valence-electron chi connectivity index (χ4n) is 1.53. The smallest absolute Gasteiger partial charge is 0.317 e. The average molecular weight is 188 g/mol. The van der Waals surface area contributed by atoms with Crippen molar-refractivity contribution in [1.29, 1.82) is 0 Å². The number of hydrogen-bond acceptors (Lipinski definition) is 1. The number of carbonyl (C=O) groups excluding carboxylic acids is 1. The third kappa shape index (κ3) is 4.15. The molecule has 0 aliphatic carbocycles. The number of amides is 2. The Hall–Kier alpha value is -0.730. The molecule has 0 spiro atoms. The molecule has 3 heteroatoms. The van der Waals surface area contributed by atoms with Crippen LogP contribution in [0.5, 0.6) is 0 Å². The molecule has 0 aromatic rings. The number of likely N-dealkylation sites (tertiary alicyclic amines) is 1. The second-order valence-corrected chi connectivity index (χ2v) is 3.25. The Morgan fingerprint density at radius 1 is 1.46 bits per heavy atom. The van der Waals surface area contributed by atoms with Gasteiger partial charge in [0.05, 0.1) is 0 Å². The standard InChI is InChI=1S/C8H16N2O.2CH4/c1-7-4-3-5-10(6-7)8(11)9-2;;/h7H,3-6H2,1-2H3,(H,9,11);2*1H4. The van der Waals surface area contributed by atoms with E-state index in [2.05, 4.69) is 12.2 Å². The Balaban J connectivity index is 0. The summed E-state index contributed by atoms with van der Waals surface area (Å²) in [5.74, 6) is 0.668. The molecule has 1 heterocycles. The van der Waals surface area contributed by atoms with Crippen molar-refractivity contribution in [3.63, 3.8) is 0 Å². The van der Waals surface area contributed by atoms with E-state index in [4.69, 9.17) is 0 Å². The Morgan fingerprint density at radius 3 is 2.54 bits per heavy atom. The van der Waals surface area contributed by atoms with E-state index >= 15 is 0 Å². The average Bonchev–Trinajstić information content (AvgIpc) is 2.03. The van der Waals surface area contributed by atoms with Crippen LogP contribution < -0.4 is 5.32 Å². The Labute approximate surface area is 82.5 Å². The molecule has 1 aliphatic rings. The van der Waals surface area contributed by atoms with Gasteiger partial charge in [-0.05, 0) is 18.8 Å². The highest BCUT2D eigenvalue weighted by Crippen LogP contribution is 2.14. The van der Waals surface area contributed by atoms with Crippen LogP contribution in [0.15, 0.2) is 0 Å². The van der Waals surface area contributed by atoms with E-state index in [-0.39, 0.29) is 20.9 Å². The van der Waals surface area contributed by atoms with Gasteiger partial charge in [0.2, 0.25) is 0 Å². The second kappa shape index (κ2) is 6.75. The lowest BCUT2D eigenvalue weighted by Crippen LogP contribution is -2.43.